The fourth-order valence-corrected chi connectivity index (χ4v) is 3.13. The Morgan fingerprint density at radius 1 is 1.42 bits per heavy atom. The summed E-state index contributed by atoms with van der Waals surface area (Å²) in [5, 5.41) is 4.93. The number of carbonyl (C=O) groups is 2. The van der Waals surface area contributed by atoms with Crippen molar-refractivity contribution in [2.75, 3.05) is 20.1 Å². The van der Waals surface area contributed by atoms with Crippen LogP contribution in [0.3, 0.4) is 0 Å². The van der Waals surface area contributed by atoms with Crippen LogP contribution in [0.2, 0.25) is 0 Å². The van der Waals surface area contributed by atoms with Crippen molar-refractivity contribution in [2.24, 2.45) is 0 Å². The van der Waals surface area contributed by atoms with Crippen LogP contribution in [-0.2, 0) is 11.3 Å². The molecule has 1 aromatic heterocycles. The zero-order valence-electron chi connectivity index (χ0n) is 11.1. The molecular weight excluding hydrogens is 330 g/mol. The van der Waals surface area contributed by atoms with Gasteiger partial charge < -0.3 is 10.2 Å². The van der Waals surface area contributed by atoms with Gasteiger partial charge in [0.25, 0.3) is 5.91 Å². The number of carbonyl (C=O) groups excluding carboxylic acids is 2. The molecule has 3 N–H and O–H groups in total. The number of urea groups is 1. The lowest BCUT2D eigenvalue weighted by atomic mass is 10.4. The number of likely N-dealkylation sites (N-methyl/N-ethyl adjacent to an activating group) is 1. The van der Waals surface area contributed by atoms with Crippen molar-refractivity contribution < 1.29 is 14.5 Å². The summed E-state index contributed by atoms with van der Waals surface area (Å²) in [4.78, 5) is 25.2. The van der Waals surface area contributed by atoms with Crippen molar-refractivity contribution in [1.82, 2.24) is 10.6 Å². The zero-order chi connectivity index (χ0) is 14.3. The maximum Gasteiger partial charge on any atom is 0.321 e. The third-order valence-electron chi connectivity index (χ3n) is 2.36. The van der Waals surface area contributed by atoms with Crippen molar-refractivity contribution >= 4 is 39.2 Å². The van der Waals surface area contributed by atoms with Crippen LogP contribution >= 0.6 is 27.3 Å². The monoisotopic (exact) mass is 348 g/mol. The van der Waals surface area contributed by atoms with Crippen LogP contribution in [-0.4, -0.2) is 32.1 Å². The third kappa shape index (κ3) is 6.70. The third-order valence-corrected chi connectivity index (χ3v) is 3.98. The maximum atomic E-state index is 11.6. The molecule has 0 saturated heterocycles. The Balaban J connectivity index is 2.29. The highest BCUT2D eigenvalue weighted by atomic mass is 79.9. The quantitative estimate of drug-likeness (QED) is 0.710. The molecular formula is C12H19BrN3O2S+. The van der Waals surface area contributed by atoms with Crippen molar-refractivity contribution in [1.29, 1.82) is 0 Å². The van der Waals surface area contributed by atoms with Gasteiger partial charge in [-0.1, -0.05) is 6.92 Å². The number of halogens is 1. The Bertz CT molecular complexity index is 436. The first kappa shape index (κ1) is 16.1. The standard InChI is InChI=1S/C12H18BrN3O2S/c1-3-6-14-12(18)15-11(17)8-16(2)7-9-4-5-10(13)19-9/h4-5H,3,6-8H2,1-2H3,(H2,14,15,17,18)/p+1. The van der Waals surface area contributed by atoms with Gasteiger partial charge in [-0.2, -0.15) is 0 Å². The summed E-state index contributed by atoms with van der Waals surface area (Å²) in [6.07, 6.45) is 0.847. The fraction of sp³-hybridized carbons (Fsp3) is 0.500. The van der Waals surface area contributed by atoms with E-state index in [9.17, 15) is 9.59 Å². The Hall–Kier alpha value is -0.920. The average molecular weight is 349 g/mol. The average Bonchev–Trinajstić information content (AvgIpc) is 2.71. The number of amides is 3. The van der Waals surface area contributed by atoms with Gasteiger partial charge in [-0.3, -0.25) is 10.1 Å². The predicted octanol–water partition coefficient (Wildman–Crippen LogP) is 0.761. The van der Waals surface area contributed by atoms with Crippen LogP contribution in [0.25, 0.3) is 0 Å². The Labute approximate surface area is 125 Å². The van der Waals surface area contributed by atoms with Gasteiger partial charge >= 0.3 is 6.03 Å². The SMILES string of the molecule is CCCNC(=O)NC(=O)C[NH+](C)Cc1ccc(Br)s1. The Morgan fingerprint density at radius 3 is 2.74 bits per heavy atom. The van der Waals surface area contributed by atoms with Gasteiger partial charge in [-0.05, 0) is 34.5 Å². The van der Waals surface area contributed by atoms with Gasteiger partial charge in [-0.15, -0.1) is 11.3 Å². The molecule has 0 saturated carbocycles. The van der Waals surface area contributed by atoms with E-state index < -0.39 is 6.03 Å². The first-order valence-corrected chi connectivity index (χ1v) is 7.75. The van der Waals surface area contributed by atoms with Gasteiger partial charge in [-0.25, -0.2) is 4.79 Å². The summed E-state index contributed by atoms with van der Waals surface area (Å²) < 4.78 is 1.08. The van der Waals surface area contributed by atoms with Gasteiger partial charge in [0.2, 0.25) is 0 Å². The molecule has 0 aliphatic carbocycles. The molecule has 3 amide bonds. The van der Waals surface area contributed by atoms with Crippen molar-refractivity contribution in [3.05, 3.63) is 20.8 Å². The smallest absolute Gasteiger partial charge is 0.321 e. The largest absolute Gasteiger partial charge is 0.338 e. The molecule has 5 nitrogen and oxygen atoms in total. The molecule has 0 spiro atoms. The normalized spacial score (nSPS) is 11.9. The molecule has 0 aromatic carbocycles. The Kier molecular flexibility index (Phi) is 7.04. The molecule has 0 bridgehead atoms. The van der Waals surface area contributed by atoms with Crippen LogP contribution in [0, 0.1) is 0 Å². The molecule has 1 unspecified atom stereocenters. The maximum absolute atomic E-state index is 11.6. The minimum atomic E-state index is -0.418. The first-order chi connectivity index (χ1) is 9.01. The van der Waals surface area contributed by atoms with Crippen LogP contribution in [0.1, 0.15) is 18.2 Å². The highest BCUT2D eigenvalue weighted by Gasteiger charge is 2.13. The summed E-state index contributed by atoms with van der Waals surface area (Å²) in [5.41, 5.74) is 0. The number of nitrogens with one attached hydrogen (secondary N) is 3. The molecule has 0 aliphatic heterocycles. The summed E-state index contributed by atoms with van der Waals surface area (Å²) in [5.74, 6) is -0.262. The van der Waals surface area contributed by atoms with Gasteiger partial charge in [0.1, 0.15) is 6.54 Å². The van der Waals surface area contributed by atoms with Crippen LogP contribution in [0.15, 0.2) is 15.9 Å². The lowest BCUT2D eigenvalue weighted by Gasteiger charge is -2.12. The molecule has 19 heavy (non-hydrogen) atoms. The molecule has 7 heteroatoms. The summed E-state index contributed by atoms with van der Waals surface area (Å²) in [7, 11) is 1.93. The van der Waals surface area contributed by atoms with Crippen molar-refractivity contribution in [3.63, 3.8) is 0 Å². The van der Waals surface area contributed by atoms with Gasteiger partial charge in [0, 0.05) is 6.54 Å². The summed E-state index contributed by atoms with van der Waals surface area (Å²) in [6.45, 7) is 3.57. The van der Waals surface area contributed by atoms with E-state index in [1.807, 2.05) is 26.1 Å². The predicted molar refractivity (Wildman–Crippen MR) is 79.3 cm³/mol. The van der Waals surface area contributed by atoms with Gasteiger partial charge in [0.15, 0.2) is 6.54 Å². The lowest BCUT2D eigenvalue weighted by molar-refractivity contribution is -0.885. The first-order valence-electron chi connectivity index (χ1n) is 6.14. The van der Waals surface area contributed by atoms with E-state index in [1.54, 1.807) is 11.3 Å². The van der Waals surface area contributed by atoms with E-state index in [4.69, 9.17) is 0 Å². The Morgan fingerprint density at radius 2 is 2.16 bits per heavy atom. The van der Waals surface area contributed by atoms with Gasteiger partial charge in [0.05, 0.1) is 15.7 Å². The molecule has 0 radical (unpaired) electrons. The zero-order valence-corrected chi connectivity index (χ0v) is 13.5. The fourth-order valence-electron chi connectivity index (χ4n) is 1.53. The van der Waals surface area contributed by atoms with E-state index >= 15 is 0 Å². The van der Waals surface area contributed by atoms with E-state index in [1.165, 1.54) is 4.88 Å². The molecule has 1 aromatic rings. The second-order valence-electron chi connectivity index (χ2n) is 4.32. The summed E-state index contributed by atoms with van der Waals surface area (Å²) in [6, 6.07) is 3.61. The van der Waals surface area contributed by atoms with E-state index in [-0.39, 0.29) is 12.5 Å². The number of quaternary nitrogens is 1. The number of imide groups is 1. The molecule has 106 valence electrons. The van der Waals surface area contributed by atoms with Crippen molar-refractivity contribution in [2.45, 2.75) is 19.9 Å². The van der Waals surface area contributed by atoms with E-state index in [2.05, 4.69) is 26.6 Å². The molecule has 1 atom stereocenters. The van der Waals surface area contributed by atoms with E-state index in [0.717, 1.165) is 21.7 Å². The summed E-state index contributed by atoms with van der Waals surface area (Å²) >= 11 is 5.06. The lowest BCUT2D eigenvalue weighted by Crippen LogP contribution is -3.08. The second kappa shape index (κ2) is 8.29. The van der Waals surface area contributed by atoms with Crippen molar-refractivity contribution in [3.8, 4) is 0 Å². The van der Waals surface area contributed by atoms with Crippen LogP contribution in [0.4, 0.5) is 4.79 Å². The number of hydrogen-bond donors (Lipinski definition) is 3. The topological polar surface area (TPSA) is 62.6 Å². The highest BCUT2D eigenvalue weighted by molar-refractivity contribution is 9.11. The molecule has 1 rings (SSSR count). The number of hydrogen-bond acceptors (Lipinski definition) is 3. The molecule has 1 heterocycles. The highest BCUT2D eigenvalue weighted by Crippen LogP contribution is 2.20. The van der Waals surface area contributed by atoms with Crippen LogP contribution < -0.4 is 15.5 Å². The minimum Gasteiger partial charge on any atom is -0.338 e. The number of rotatable bonds is 6. The van der Waals surface area contributed by atoms with E-state index in [0.29, 0.717) is 6.54 Å². The molecule has 0 fully saturated rings. The minimum absolute atomic E-state index is 0.262. The van der Waals surface area contributed by atoms with Crippen LogP contribution in [0.5, 0.6) is 0 Å². The number of thiophene rings is 1. The second-order valence-corrected chi connectivity index (χ2v) is 6.87. The molecule has 0 aliphatic rings.